The number of carbonyl (C=O) groups is 4. The molecule has 1 fully saturated rings. The van der Waals surface area contributed by atoms with Gasteiger partial charge in [-0.3, -0.25) is 19.3 Å². The van der Waals surface area contributed by atoms with Crippen molar-refractivity contribution in [1.29, 1.82) is 0 Å². The van der Waals surface area contributed by atoms with Gasteiger partial charge in [-0.15, -0.1) is 0 Å². The third-order valence-electron chi connectivity index (χ3n) is 4.55. The van der Waals surface area contributed by atoms with Gasteiger partial charge in [0.05, 0.1) is 17.6 Å². The van der Waals surface area contributed by atoms with Gasteiger partial charge >= 0.3 is 5.97 Å². The topological polar surface area (TPSA) is 92.8 Å². The molecule has 0 unspecified atom stereocenters. The molecule has 8 heteroatoms. The van der Waals surface area contributed by atoms with Gasteiger partial charge in [-0.1, -0.05) is 30.3 Å². The molecule has 0 bridgehead atoms. The summed E-state index contributed by atoms with van der Waals surface area (Å²) < 4.78 is 4.65. The minimum Gasteiger partial charge on any atom is -0.465 e. The highest BCUT2D eigenvalue weighted by Crippen LogP contribution is 2.32. The van der Waals surface area contributed by atoms with Gasteiger partial charge in [-0.25, -0.2) is 4.79 Å². The molecule has 2 aromatic rings. The fourth-order valence-corrected chi connectivity index (χ4v) is 3.79. The zero-order valence-corrected chi connectivity index (χ0v) is 17.5. The zero-order valence-electron chi connectivity index (χ0n) is 16.7. The summed E-state index contributed by atoms with van der Waals surface area (Å²) >= 11 is 0.773. The van der Waals surface area contributed by atoms with E-state index in [2.05, 4.69) is 10.1 Å². The number of nitrogens with one attached hydrogen (secondary N) is 1. The second kappa shape index (κ2) is 8.96. The maximum absolute atomic E-state index is 12.6. The molecule has 0 saturated carbocycles. The molecular weight excluding hydrogens is 404 g/mol. The van der Waals surface area contributed by atoms with E-state index in [1.165, 1.54) is 7.11 Å². The fraction of sp³-hybridized carbons (Fsp3) is 0.182. The van der Waals surface area contributed by atoms with E-state index in [4.69, 9.17) is 0 Å². The standard InChI is InChI=1S/C22H20N2O5S/c1-13-5-4-6-14(2)19(13)23-18(25)12-24-20(26)17(30-22(24)28)11-15-7-9-16(10-8-15)21(27)29-3/h4-11H,12H2,1-3H3,(H,23,25)/b17-11+. The van der Waals surface area contributed by atoms with Gasteiger partial charge in [-0.2, -0.15) is 0 Å². The maximum atomic E-state index is 12.6. The van der Waals surface area contributed by atoms with Crippen molar-refractivity contribution in [3.05, 3.63) is 69.6 Å². The second-order valence-corrected chi connectivity index (χ2v) is 7.69. The first-order chi connectivity index (χ1) is 14.3. The first-order valence-corrected chi connectivity index (χ1v) is 9.91. The SMILES string of the molecule is COC(=O)c1ccc(/C=C2/SC(=O)N(CC(=O)Nc3c(C)cccc3C)C2=O)cc1. The number of thioether (sulfide) groups is 1. The van der Waals surface area contributed by atoms with Crippen LogP contribution in [0.25, 0.3) is 6.08 Å². The fourth-order valence-electron chi connectivity index (χ4n) is 2.96. The van der Waals surface area contributed by atoms with E-state index < -0.39 is 23.0 Å². The van der Waals surface area contributed by atoms with E-state index >= 15 is 0 Å². The third kappa shape index (κ3) is 4.60. The number of esters is 1. The molecule has 0 atom stereocenters. The number of anilines is 1. The molecule has 0 radical (unpaired) electrons. The number of methoxy groups -OCH3 is 1. The molecule has 3 rings (SSSR count). The Bertz CT molecular complexity index is 1040. The average Bonchev–Trinajstić information content (AvgIpc) is 2.98. The van der Waals surface area contributed by atoms with Crippen LogP contribution in [0.15, 0.2) is 47.4 Å². The highest BCUT2D eigenvalue weighted by atomic mass is 32.2. The molecule has 1 aliphatic heterocycles. The summed E-state index contributed by atoms with van der Waals surface area (Å²) in [6.07, 6.45) is 1.55. The monoisotopic (exact) mass is 424 g/mol. The largest absolute Gasteiger partial charge is 0.465 e. The van der Waals surface area contributed by atoms with Gasteiger partial charge in [0.2, 0.25) is 5.91 Å². The number of para-hydroxylation sites is 1. The van der Waals surface area contributed by atoms with Crippen LogP contribution in [0.5, 0.6) is 0 Å². The van der Waals surface area contributed by atoms with E-state index in [0.717, 1.165) is 27.8 Å². The lowest BCUT2D eigenvalue weighted by atomic mass is 10.1. The Hall–Kier alpha value is -3.39. The van der Waals surface area contributed by atoms with Crippen LogP contribution in [0.4, 0.5) is 10.5 Å². The van der Waals surface area contributed by atoms with Crippen molar-refractivity contribution in [3.8, 4) is 0 Å². The zero-order chi connectivity index (χ0) is 21.8. The summed E-state index contributed by atoms with van der Waals surface area (Å²) in [6, 6.07) is 12.1. The molecule has 1 heterocycles. The van der Waals surface area contributed by atoms with E-state index in [1.54, 1.807) is 30.3 Å². The molecule has 2 aromatic carbocycles. The smallest absolute Gasteiger partial charge is 0.337 e. The first-order valence-electron chi connectivity index (χ1n) is 9.10. The van der Waals surface area contributed by atoms with Crippen molar-refractivity contribution in [3.63, 3.8) is 0 Å². The number of benzene rings is 2. The number of aryl methyl sites for hydroxylation is 2. The lowest BCUT2D eigenvalue weighted by Crippen LogP contribution is -2.36. The Morgan fingerprint density at radius 2 is 1.70 bits per heavy atom. The molecule has 30 heavy (non-hydrogen) atoms. The number of rotatable bonds is 5. The normalized spacial score (nSPS) is 14.9. The van der Waals surface area contributed by atoms with E-state index in [9.17, 15) is 19.2 Å². The number of carbonyl (C=O) groups excluding carboxylic acids is 4. The van der Waals surface area contributed by atoms with Gasteiger partial charge in [0.15, 0.2) is 0 Å². The van der Waals surface area contributed by atoms with Gasteiger partial charge < -0.3 is 10.1 Å². The molecule has 3 amide bonds. The van der Waals surface area contributed by atoms with Crippen LogP contribution in [0.2, 0.25) is 0 Å². The minimum atomic E-state index is -0.529. The van der Waals surface area contributed by atoms with Crippen LogP contribution >= 0.6 is 11.8 Å². The maximum Gasteiger partial charge on any atom is 0.337 e. The van der Waals surface area contributed by atoms with Crippen LogP contribution in [-0.2, 0) is 14.3 Å². The Balaban J connectivity index is 1.70. The van der Waals surface area contributed by atoms with E-state index in [0.29, 0.717) is 16.8 Å². The minimum absolute atomic E-state index is 0.214. The number of hydrogen-bond acceptors (Lipinski definition) is 6. The number of nitrogens with zero attached hydrogens (tertiary/aromatic N) is 1. The molecule has 7 nitrogen and oxygen atoms in total. The third-order valence-corrected chi connectivity index (χ3v) is 5.46. The van der Waals surface area contributed by atoms with E-state index in [1.807, 2.05) is 32.0 Å². The summed E-state index contributed by atoms with van der Waals surface area (Å²) in [5.74, 6) is -1.44. The summed E-state index contributed by atoms with van der Waals surface area (Å²) in [4.78, 5) is 50.0. The lowest BCUT2D eigenvalue weighted by Gasteiger charge is -2.15. The molecule has 0 aliphatic carbocycles. The molecule has 1 N–H and O–H groups in total. The Morgan fingerprint density at radius 1 is 1.07 bits per heavy atom. The second-order valence-electron chi connectivity index (χ2n) is 6.70. The van der Waals surface area contributed by atoms with Crippen LogP contribution in [0.3, 0.4) is 0 Å². The summed E-state index contributed by atoms with van der Waals surface area (Å²) in [5, 5.41) is 2.27. The highest BCUT2D eigenvalue weighted by Gasteiger charge is 2.36. The average molecular weight is 424 g/mol. The van der Waals surface area contributed by atoms with Gasteiger partial charge in [0.1, 0.15) is 6.54 Å². The summed E-state index contributed by atoms with van der Waals surface area (Å²) in [5.41, 5.74) is 3.50. The molecule has 1 saturated heterocycles. The summed E-state index contributed by atoms with van der Waals surface area (Å²) in [6.45, 7) is 3.38. The van der Waals surface area contributed by atoms with Gasteiger partial charge in [0.25, 0.3) is 11.1 Å². The van der Waals surface area contributed by atoms with Crippen molar-refractivity contribution in [2.45, 2.75) is 13.8 Å². The van der Waals surface area contributed by atoms with Crippen LogP contribution < -0.4 is 5.32 Å². The molecule has 0 aromatic heterocycles. The van der Waals surface area contributed by atoms with Crippen LogP contribution in [0, 0.1) is 13.8 Å². The predicted octanol–water partition coefficient (Wildman–Crippen LogP) is 3.77. The number of ether oxygens (including phenoxy) is 1. The molecule has 154 valence electrons. The van der Waals surface area contributed by atoms with Crippen molar-refractivity contribution >= 4 is 46.5 Å². The quantitative estimate of drug-likeness (QED) is 0.580. The van der Waals surface area contributed by atoms with E-state index in [-0.39, 0.29) is 11.4 Å². The Kier molecular flexibility index (Phi) is 6.37. The molecule has 0 spiro atoms. The van der Waals surface area contributed by atoms with Crippen LogP contribution in [-0.4, -0.2) is 41.6 Å². The first kappa shape index (κ1) is 21.3. The number of hydrogen-bond donors (Lipinski definition) is 1. The Labute approximate surface area is 178 Å². The summed E-state index contributed by atoms with van der Waals surface area (Å²) in [7, 11) is 1.29. The number of amides is 3. The van der Waals surface area contributed by atoms with Crippen molar-refractivity contribution < 1.29 is 23.9 Å². The van der Waals surface area contributed by atoms with Crippen LogP contribution in [0.1, 0.15) is 27.0 Å². The van der Waals surface area contributed by atoms with Crippen molar-refractivity contribution in [2.75, 3.05) is 19.0 Å². The molecule has 1 aliphatic rings. The Morgan fingerprint density at radius 3 is 2.30 bits per heavy atom. The van der Waals surface area contributed by atoms with Gasteiger partial charge in [-0.05, 0) is 60.5 Å². The van der Waals surface area contributed by atoms with Crippen molar-refractivity contribution in [2.24, 2.45) is 0 Å². The van der Waals surface area contributed by atoms with Gasteiger partial charge in [0, 0.05) is 5.69 Å². The predicted molar refractivity (Wildman–Crippen MR) is 115 cm³/mol. The number of imide groups is 1. The highest BCUT2D eigenvalue weighted by molar-refractivity contribution is 8.18. The molecular formula is C22H20N2O5S. The lowest BCUT2D eigenvalue weighted by molar-refractivity contribution is -0.127. The van der Waals surface area contributed by atoms with Crippen molar-refractivity contribution in [1.82, 2.24) is 4.90 Å².